The van der Waals surface area contributed by atoms with Crippen LogP contribution in [0.3, 0.4) is 0 Å². The highest BCUT2D eigenvalue weighted by Gasteiger charge is 2.19. The topological polar surface area (TPSA) is 41.6 Å². The molecule has 27 heavy (non-hydrogen) atoms. The molecule has 0 radical (unpaired) electrons. The minimum Gasteiger partial charge on any atom is -0.494 e. The number of amides is 1. The molecular weight excluding hydrogens is 336 g/mol. The quantitative estimate of drug-likeness (QED) is 0.758. The van der Waals surface area contributed by atoms with Gasteiger partial charge in [0.05, 0.1) is 6.61 Å². The molecule has 0 saturated carbocycles. The highest BCUT2D eigenvalue weighted by Crippen LogP contribution is 2.15. The minimum absolute atomic E-state index is 0.0228. The lowest BCUT2D eigenvalue weighted by Gasteiger charge is -2.32. The van der Waals surface area contributed by atoms with Crippen molar-refractivity contribution in [3.05, 3.63) is 71.8 Å². The standard InChI is InChI=1S/C23H28N2O2/c1-2-27-22-11-8-19(9-12-22)10-13-23(26)24-21-14-16-25(17-15-21)18-20-6-4-3-5-7-20/h3-13,21H,2,14-18H2,1H3,(H,24,26)/b13-10+. The number of likely N-dealkylation sites (tertiary alicyclic amines) is 1. The van der Waals surface area contributed by atoms with E-state index >= 15 is 0 Å². The maximum absolute atomic E-state index is 12.2. The second-order valence-electron chi connectivity index (χ2n) is 6.88. The first kappa shape index (κ1) is 19.2. The summed E-state index contributed by atoms with van der Waals surface area (Å²) in [5, 5.41) is 3.13. The van der Waals surface area contributed by atoms with E-state index < -0.39 is 0 Å². The molecule has 142 valence electrons. The van der Waals surface area contributed by atoms with Crippen molar-refractivity contribution in [1.82, 2.24) is 10.2 Å². The molecule has 4 heteroatoms. The Morgan fingerprint density at radius 2 is 1.81 bits per heavy atom. The zero-order chi connectivity index (χ0) is 18.9. The average molecular weight is 364 g/mol. The van der Waals surface area contributed by atoms with Crippen molar-refractivity contribution in [3.63, 3.8) is 0 Å². The van der Waals surface area contributed by atoms with Crippen LogP contribution < -0.4 is 10.1 Å². The summed E-state index contributed by atoms with van der Waals surface area (Å²) in [7, 11) is 0. The van der Waals surface area contributed by atoms with Gasteiger partial charge >= 0.3 is 0 Å². The molecule has 1 aliphatic heterocycles. The maximum atomic E-state index is 12.2. The fraction of sp³-hybridized carbons (Fsp3) is 0.348. The summed E-state index contributed by atoms with van der Waals surface area (Å²) in [5.41, 5.74) is 2.34. The van der Waals surface area contributed by atoms with E-state index in [1.54, 1.807) is 6.08 Å². The van der Waals surface area contributed by atoms with Crippen LogP contribution in [0, 0.1) is 0 Å². The summed E-state index contributed by atoms with van der Waals surface area (Å²) >= 11 is 0. The molecule has 0 aromatic heterocycles. The summed E-state index contributed by atoms with van der Waals surface area (Å²) in [6.45, 7) is 5.64. The highest BCUT2D eigenvalue weighted by atomic mass is 16.5. The molecule has 1 heterocycles. The van der Waals surface area contributed by atoms with Crippen molar-refractivity contribution >= 4 is 12.0 Å². The third kappa shape index (κ3) is 6.26. The molecule has 2 aromatic carbocycles. The summed E-state index contributed by atoms with van der Waals surface area (Å²) in [6.07, 6.45) is 5.45. The minimum atomic E-state index is -0.0228. The van der Waals surface area contributed by atoms with Crippen molar-refractivity contribution in [3.8, 4) is 5.75 Å². The van der Waals surface area contributed by atoms with Crippen LogP contribution in [0.15, 0.2) is 60.7 Å². The van der Waals surface area contributed by atoms with Gasteiger partial charge in [0, 0.05) is 31.8 Å². The number of nitrogens with one attached hydrogen (secondary N) is 1. The van der Waals surface area contributed by atoms with Gasteiger partial charge in [-0.25, -0.2) is 0 Å². The Labute approximate surface area is 161 Å². The summed E-state index contributed by atoms with van der Waals surface area (Å²) in [6, 6.07) is 18.6. The van der Waals surface area contributed by atoms with E-state index in [-0.39, 0.29) is 11.9 Å². The Balaban J connectivity index is 1.41. The Morgan fingerprint density at radius 3 is 2.48 bits per heavy atom. The first-order valence-corrected chi connectivity index (χ1v) is 9.70. The molecule has 0 bridgehead atoms. The number of carbonyl (C=O) groups is 1. The molecule has 2 aromatic rings. The average Bonchev–Trinajstić information content (AvgIpc) is 2.70. The Hall–Kier alpha value is -2.59. The van der Waals surface area contributed by atoms with Gasteiger partial charge < -0.3 is 10.1 Å². The second-order valence-corrected chi connectivity index (χ2v) is 6.88. The van der Waals surface area contributed by atoms with Gasteiger partial charge in [0.1, 0.15) is 5.75 Å². The van der Waals surface area contributed by atoms with Crippen molar-refractivity contribution in [1.29, 1.82) is 0 Å². The fourth-order valence-corrected chi connectivity index (χ4v) is 3.34. The fourth-order valence-electron chi connectivity index (χ4n) is 3.34. The molecule has 1 N–H and O–H groups in total. The number of benzene rings is 2. The van der Waals surface area contributed by atoms with Crippen molar-refractivity contribution < 1.29 is 9.53 Å². The maximum Gasteiger partial charge on any atom is 0.244 e. The summed E-state index contributed by atoms with van der Waals surface area (Å²) in [4.78, 5) is 14.6. The van der Waals surface area contributed by atoms with Gasteiger partial charge in [0.15, 0.2) is 0 Å². The number of rotatable bonds is 7. The van der Waals surface area contributed by atoms with Crippen LogP contribution in [0.25, 0.3) is 6.08 Å². The molecule has 4 nitrogen and oxygen atoms in total. The van der Waals surface area contributed by atoms with Gasteiger partial charge in [0.25, 0.3) is 0 Å². The number of piperidine rings is 1. The summed E-state index contributed by atoms with van der Waals surface area (Å²) in [5.74, 6) is 0.826. The third-order valence-electron chi connectivity index (χ3n) is 4.80. The smallest absolute Gasteiger partial charge is 0.244 e. The lowest BCUT2D eigenvalue weighted by Crippen LogP contribution is -2.43. The van der Waals surface area contributed by atoms with Crippen LogP contribution in [0.1, 0.15) is 30.9 Å². The number of ether oxygens (including phenoxy) is 1. The molecular formula is C23H28N2O2. The van der Waals surface area contributed by atoms with E-state index in [2.05, 4.69) is 34.5 Å². The molecule has 0 spiro atoms. The van der Waals surface area contributed by atoms with E-state index in [0.717, 1.165) is 43.8 Å². The number of hydrogen-bond donors (Lipinski definition) is 1. The van der Waals surface area contributed by atoms with E-state index in [9.17, 15) is 4.79 Å². The number of hydrogen-bond acceptors (Lipinski definition) is 3. The second kappa shape index (κ2) is 9.93. The van der Waals surface area contributed by atoms with Crippen molar-refractivity contribution in [2.75, 3.05) is 19.7 Å². The molecule has 0 atom stereocenters. The Kier molecular flexibility index (Phi) is 7.05. The normalized spacial score (nSPS) is 15.7. The van der Waals surface area contributed by atoms with Crippen molar-refractivity contribution in [2.45, 2.75) is 32.4 Å². The molecule has 1 aliphatic rings. The van der Waals surface area contributed by atoms with Gasteiger partial charge in [-0.2, -0.15) is 0 Å². The van der Waals surface area contributed by atoms with Gasteiger partial charge in [0.2, 0.25) is 5.91 Å². The molecule has 1 fully saturated rings. The SMILES string of the molecule is CCOc1ccc(/C=C/C(=O)NC2CCN(Cc3ccccc3)CC2)cc1. The largest absolute Gasteiger partial charge is 0.494 e. The first-order chi connectivity index (χ1) is 13.2. The summed E-state index contributed by atoms with van der Waals surface area (Å²) < 4.78 is 5.43. The molecule has 0 aliphatic carbocycles. The van der Waals surface area contributed by atoms with Gasteiger partial charge in [-0.3, -0.25) is 9.69 Å². The van der Waals surface area contributed by atoms with Gasteiger partial charge in [-0.15, -0.1) is 0 Å². The lowest BCUT2D eigenvalue weighted by atomic mass is 10.0. The van der Waals surface area contributed by atoms with E-state index in [1.807, 2.05) is 43.3 Å². The monoisotopic (exact) mass is 364 g/mol. The molecule has 1 amide bonds. The molecule has 1 saturated heterocycles. The van der Waals surface area contributed by atoms with Crippen LogP contribution in [-0.4, -0.2) is 36.5 Å². The number of nitrogens with zero attached hydrogens (tertiary/aromatic N) is 1. The van der Waals surface area contributed by atoms with Crippen LogP contribution >= 0.6 is 0 Å². The zero-order valence-corrected chi connectivity index (χ0v) is 15.9. The van der Waals surface area contributed by atoms with Gasteiger partial charge in [-0.1, -0.05) is 42.5 Å². The zero-order valence-electron chi connectivity index (χ0n) is 15.9. The van der Waals surface area contributed by atoms with E-state index in [0.29, 0.717) is 6.61 Å². The Morgan fingerprint density at radius 1 is 1.11 bits per heavy atom. The predicted octanol–water partition coefficient (Wildman–Crippen LogP) is 3.88. The highest BCUT2D eigenvalue weighted by molar-refractivity contribution is 5.91. The predicted molar refractivity (Wildman–Crippen MR) is 110 cm³/mol. The number of carbonyl (C=O) groups excluding carboxylic acids is 1. The Bertz CT molecular complexity index is 733. The molecule has 0 unspecified atom stereocenters. The van der Waals surface area contributed by atoms with Crippen LogP contribution in [0.5, 0.6) is 5.75 Å². The lowest BCUT2D eigenvalue weighted by molar-refractivity contribution is -0.117. The van der Waals surface area contributed by atoms with Gasteiger partial charge in [-0.05, 0) is 49.1 Å². The first-order valence-electron chi connectivity index (χ1n) is 9.70. The van der Waals surface area contributed by atoms with E-state index in [1.165, 1.54) is 5.56 Å². The van der Waals surface area contributed by atoms with Crippen molar-refractivity contribution in [2.24, 2.45) is 0 Å². The van der Waals surface area contributed by atoms with Crippen LogP contribution in [0.4, 0.5) is 0 Å². The van der Waals surface area contributed by atoms with Crippen LogP contribution in [-0.2, 0) is 11.3 Å². The molecule has 3 rings (SSSR count). The third-order valence-corrected chi connectivity index (χ3v) is 4.80. The van der Waals surface area contributed by atoms with Crippen LogP contribution in [0.2, 0.25) is 0 Å². The van der Waals surface area contributed by atoms with E-state index in [4.69, 9.17) is 4.74 Å².